The third-order valence-electron chi connectivity index (χ3n) is 5.26. The first kappa shape index (κ1) is 20.6. The number of pyridine rings is 1. The number of hydrogen-bond donors (Lipinski definition) is 1. The molecular formula is C22H18F3N5O. The van der Waals surface area contributed by atoms with Crippen molar-refractivity contribution >= 4 is 5.91 Å². The van der Waals surface area contributed by atoms with Gasteiger partial charge in [-0.15, -0.1) is 0 Å². The quantitative estimate of drug-likeness (QED) is 0.681. The first-order valence-electron chi connectivity index (χ1n) is 9.75. The van der Waals surface area contributed by atoms with Gasteiger partial charge in [0.15, 0.2) is 0 Å². The maximum absolute atomic E-state index is 13.0. The number of carbonyl (C=O) groups is 1. The Morgan fingerprint density at radius 2 is 2.13 bits per heavy atom. The van der Waals surface area contributed by atoms with Gasteiger partial charge in [0.25, 0.3) is 5.91 Å². The van der Waals surface area contributed by atoms with E-state index in [9.17, 15) is 23.2 Å². The monoisotopic (exact) mass is 425 g/mol. The molecule has 0 bridgehead atoms. The first-order chi connectivity index (χ1) is 14.8. The number of aryl methyl sites for hydroxylation is 2. The molecule has 1 atom stereocenters. The number of benzene rings is 1. The number of nitrogens with zero attached hydrogens (tertiary/aromatic N) is 4. The highest BCUT2D eigenvalue weighted by Crippen LogP contribution is 2.32. The Bertz CT molecular complexity index is 1190. The first-order valence-corrected chi connectivity index (χ1v) is 9.75. The maximum Gasteiger partial charge on any atom is 0.433 e. The molecule has 1 amide bonds. The number of rotatable bonds is 4. The summed E-state index contributed by atoms with van der Waals surface area (Å²) < 4.78 is 40.3. The number of nitrogens with one attached hydrogen (secondary N) is 1. The minimum atomic E-state index is -4.54. The predicted octanol–water partition coefficient (Wildman–Crippen LogP) is 4.14. The minimum Gasteiger partial charge on any atom is -0.345 e. The van der Waals surface area contributed by atoms with E-state index in [0.29, 0.717) is 30.4 Å². The lowest BCUT2D eigenvalue weighted by Crippen LogP contribution is -2.27. The van der Waals surface area contributed by atoms with E-state index in [1.807, 2.05) is 6.92 Å². The van der Waals surface area contributed by atoms with Gasteiger partial charge >= 0.3 is 6.18 Å². The van der Waals surface area contributed by atoms with Crippen molar-refractivity contribution in [3.05, 3.63) is 76.4 Å². The third-order valence-corrected chi connectivity index (χ3v) is 5.26. The largest absolute Gasteiger partial charge is 0.433 e. The number of fused-ring (bicyclic) bond motifs is 1. The van der Waals surface area contributed by atoms with Crippen molar-refractivity contribution in [2.75, 3.05) is 0 Å². The van der Waals surface area contributed by atoms with Crippen molar-refractivity contribution in [2.24, 2.45) is 0 Å². The molecule has 158 valence electrons. The summed E-state index contributed by atoms with van der Waals surface area (Å²) in [5, 5.41) is 16.5. The molecule has 1 aliphatic rings. The molecule has 2 heterocycles. The highest BCUT2D eigenvalue weighted by Gasteiger charge is 2.33. The second-order valence-electron chi connectivity index (χ2n) is 7.32. The van der Waals surface area contributed by atoms with E-state index in [1.165, 1.54) is 10.7 Å². The molecule has 1 aromatic carbocycles. The van der Waals surface area contributed by atoms with Gasteiger partial charge in [-0.3, -0.25) is 9.78 Å². The van der Waals surface area contributed by atoms with Crippen LogP contribution in [0.2, 0.25) is 0 Å². The van der Waals surface area contributed by atoms with Crippen LogP contribution in [0.5, 0.6) is 0 Å². The fourth-order valence-corrected chi connectivity index (χ4v) is 3.68. The minimum absolute atomic E-state index is 0.246. The van der Waals surface area contributed by atoms with Gasteiger partial charge in [-0.1, -0.05) is 6.92 Å². The molecule has 0 aliphatic heterocycles. The molecule has 0 spiro atoms. The molecule has 4 rings (SSSR count). The van der Waals surface area contributed by atoms with Gasteiger partial charge in [0.05, 0.1) is 29.1 Å². The van der Waals surface area contributed by atoms with E-state index in [-0.39, 0.29) is 17.6 Å². The molecule has 3 aromatic rings. The molecule has 9 heteroatoms. The summed E-state index contributed by atoms with van der Waals surface area (Å²) in [5.41, 5.74) is 2.47. The van der Waals surface area contributed by atoms with Gasteiger partial charge in [-0.05, 0) is 55.2 Å². The molecule has 6 nitrogen and oxygen atoms in total. The Hall–Kier alpha value is -3.67. The Balaban J connectivity index is 1.57. The number of halogens is 3. The Labute approximate surface area is 176 Å². The molecule has 1 aliphatic carbocycles. The fourth-order valence-electron chi connectivity index (χ4n) is 3.68. The molecule has 1 N–H and O–H groups in total. The van der Waals surface area contributed by atoms with Crippen LogP contribution in [0.15, 0.2) is 42.7 Å². The molecular weight excluding hydrogens is 407 g/mol. The number of alkyl halides is 3. The van der Waals surface area contributed by atoms with Crippen LogP contribution in [-0.2, 0) is 19.0 Å². The summed E-state index contributed by atoms with van der Waals surface area (Å²) in [6.07, 6.45) is 0.138. The van der Waals surface area contributed by atoms with Crippen LogP contribution in [0.3, 0.4) is 0 Å². The number of aromatic nitrogens is 3. The zero-order valence-corrected chi connectivity index (χ0v) is 16.6. The summed E-state index contributed by atoms with van der Waals surface area (Å²) in [5.74, 6) is -0.305. The summed E-state index contributed by atoms with van der Waals surface area (Å²) in [4.78, 5) is 16.2. The molecule has 1 unspecified atom stereocenters. The topological polar surface area (TPSA) is 83.6 Å². The van der Waals surface area contributed by atoms with Crippen molar-refractivity contribution in [3.8, 4) is 11.8 Å². The van der Waals surface area contributed by atoms with Gasteiger partial charge in [0.1, 0.15) is 5.69 Å². The summed E-state index contributed by atoms with van der Waals surface area (Å²) >= 11 is 0. The smallest absolute Gasteiger partial charge is 0.345 e. The molecule has 31 heavy (non-hydrogen) atoms. The van der Waals surface area contributed by atoms with Crippen LogP contribution in [-0.4, -0.2) is 20.7 Å². The predicted molar refractivity (Wildman–Crippen MR) is 105 cm³/mol. The zero-order valence-electron chi connectivity index (χ0n) is 16.6. The third kappa shape index (κ3) is 4.14. The Morgan fingerprint density at radius 1 is 1.32 bits per heavy atom. The van der Waals surface area contributed by atoms with Crippen molar-refractivity contribution in [3.63, 3.8) is 0 Å². The van der Waals surface area contributed by atoms with E-state index in [2.05, 4.69) is 21.5 Å². The lowest BCUT2D eigenvalue weighted by Gasteiger charge is -2.14. The van der Waals surface area contributed by atoms with Crippen LogP contribution in [0.4, 0.5) is 13.2 Å². The maximum atomic E-state index is 13.0. The van der Waals surface area contributed by atoms with Crippen molar-refractivity contribution in [1.82, 2.24) is 20.1 Å². The van der Waals surface area contributed by atoms with E-state index >= 15 is 0 Å². The van der Waals surface area contributed by atoms with Gasteiger partial charge in [0.2, 0.25) is 0 Å². The van der Waals surface area contributed by atoms with Gasteiger partial charge < -0.3 is 5.32 Å². The Morgan fingerprint density at radius 3 is 2.84 bits per heavy atom. The van der Waals surface area contributed by atoms with Crippen LogP contribution >= 0.6 is 0 Å². The van der Waals surface area contributed by atoms with Gasteiger partial charge in [-0.25, -0.2) is 4.68 Å². The zero-order chi connectivity index (χ0) is 22.2. The normalized spacial score (nSPS) is 15.4. The van der Waals surface area contributed by atoms with Crippen molar-refractivity contribution in [2.45, 2.75) is 38.4 Å². The van der Waals surface area contributed by atoms with E-state index < -0.39 is 11.9 Å². The van der Waals surface area contributed by atoms with Crippen LogP contribution < -0.4 is 5.32 Å². The number of nitriles is 1. The fraction of sp³-hybridized carbons (Fsp3) is 0.273. The van der Waals surface area contributed by atoms with Gasteiger partial charge in [0, 0.05) is 23.5 Å². The van der Waals surface area contributed by atoms with Crippen LogP contribution in [0.25, 0.3) is 5.69 Å². The number of carbonyl (C=O) groups excluding carboxylic acids is 1. The van der Waals surface area contributed by atoms with Crippen LogP contribution in [0.1, 0.15) is 57.8 Å². The lowest BCUT2D eigenvalue weighted by atomic mass is 10.0. The standard InChI is InChI=1S/C22H18F3N5O/c1-2-13-7-14(11-26)9-15(8-13)21(31)28-18-3-4-19-17(18)12-30(29-19)16-5-6-27-20(10-16)22(23,24)25/h5-10,12,18H,2-4H2,1H3,(H,28,31). The molecule has 0 saturated carbocycles. The van der Waals surface area contributed by atoms with E-state index in [0.717, 1.165) is 29.1 Å². The molecule has 0 saturated heterocycles. The van der Waals surface area contributed by atoms with Gasteiger partial charge in [-0.2, -0.15) is 23.5 Å². The molecule has 2 aromatic heterocycles. The second-order valence-corrected chi connectivity index (χ2v) is 7.32. The number of hydrogen-bond acceptors (Lipinski definition) is 4. The Kier molecular flexibility index (Phi) is 5.23. The SMILES string of the molecule is CCc1cc(C#N)cc(C(=O)NC2CCc3nn(-c4ccnc(C(F)(F)F)c4)cc32)c1. The highest BCUT2D eigenvalue weighted by molar-refractivity contribution is 5.95. The van der Waals surface area contributed by atoms with Crippen molar-refractivity contribution < 1.29 is 18.0 Å². The van der Waals surface area contributed by atoms with E-state index in [1.54, 1.807) is 24.4 Å². The lowest BCUT2D eigenvalue weighted by molar-refractivity contribution is -0.141. The summed E-state index contributed by atoms with van der Waals surface area (Å²) in [6.45, 7) is 1.94. The number of amides is 1. The van der Waals surface area contributed by atoms with E-state index in [4.69, 9.17) is 0 Å². The second kappa shape index (κ2) is 7.87. The molecule has 0 radical (unpaired) electrons. The van der Waals surface area contributed by atoms with Crippen molar-refractivity contribution in [1.29, 1.82) is 5.26 Å². The highest BCUT2D eigenvalue weighted by atomic mass is 19.4. The summed E-state index contributed by atoms with van der Waals surface area (Å²) in [7, 11) is 0. The average molecular weight is 425 g/mol. The molecule has 0 fully saturated rings. The average Bonchev–Trinajstić information content (AvgIpc) is 3.34. The summed E-state index contributed by atoms with van der Waals surface area (Å²) in [6, 6.07) is 9.19. The van der Waals surface area contributed by atoms with Crippen LogP contribution in [0, 0.1) is 11.3 Å².